The van der Waals surface area contributed by atoms with Gasteiger partial charge in [0.2, 0.25) is 5.89 Å². The number of para-hydroxylation sites is 3. The molecule has 6 heteroatoms. The lowest BCUT2D eigenvalue weighted by molar-refractivity contribution is 0.285. The molecule has 0 spiro atoms. The number of fused-ring (bicyclic) bond motifs is 2. The first kappa shape index (κ1) is 15.8. The Balaban J connectivity index is 1.37. The van der Waals surface area contributed by atoms with E-state index in [1.807, 2.05) is 67.8 Å². The number of furan rings is 1. The highest BCUT2D eigenvalue weighted by atomic mass is 16.3. The van der Waals surface area contributed by atoms with Gasteiger partial charge in [-0.1, -0.05) is 30.3 Å². The highest BCUT2D eigenvalue weighted by Crippen LogP contribution is 2.29. The number of benzene rings is 2. The number of aromatic nitrogens is 3. The number of hydrogen-bond acceptors (Lipinski definition) is 5. The SMILES string of the molecule is CN(Cc1nc2ccccc2o1)Cc1cn[nH]c1-c1cc2ccccc2o1. The monoisotopic (exact) mass is 358 g/mol. The molecule has 27 heavy (non-hydrogen) atoms. The molecule has 0 aliphatic carbocycles. The molecule has 0 amide bonds. The zero-order valence-electron chi connectivity index (χ0n) is 14.8. The second-order valence-corrected chi connectivity index (χ2v) is 6.67. The van der Waals surface area contributed by atoms with Gasteiger partial charge in [-0.3, -0.25) is 10.00 Å². The number of hydrogen-bond donors (Lipinski definition) is 1. The molecule has 0 saturated carbocycles. The van der Waals surface area contributed by atoms with Crippen molar-refractivity contribution < 1.29 is 8.83 Å². The van der Waals surface area contributed by atoms with Crippen LogP contribution >= 0.6 is 0 Å². The Morgan fingerprint density at radius 2 is 1.78 bits per heavy atom. The van der Waals surface area contributed by atoms with Crippen LogP contribution in [0.15, 0.2) is 69.6 Å². The zero-order chi connectivity index (χ0) is 18.2. The molecular weight excluding hydrogens is 340 g/mol. The predicted molar refractivity (Wildman–Crippen MR) is 103 cm³/mol. The number of oxazole rings is 1. The first-order valence-corrected chi connectivity index (χ1v) is 8.80. The van der Waals surface area contributed by atoms with Gasteiger partial charge in [0.1, 0.15) is 16.8 Å². The number of H-pyrrole nitrogens is 1. The van der Waals surface area contributed by atoms with Crippen molar-refractivity contribution in [2.45, 2.75) is 13.1 Å². The molecule has 0 fully saturated rings. The van der Waals surface area contributed by atoms with Crippen LogP contribution < -0.4 is 0 Å². The molecule has 0 radical (unpaired) electrons. The summed E-state index contributed by atoms with van der Waals surface area (Å²) < 4.78 is 11.8. The van der Waals surface area contributed by atoms with Crippen molar-refractivity contribution in [2.75, 3.05) is 7.05 Å². The summed E-state index contributed by atoms with van der Waals surface area (Å²) in [5, 5.41) is 8.35. The van der Waals surface area contributed by atoms with Gasteiger partial charge in [-0.25, -0.2) is 4.98 Å². The Bertz CT molecular complexity index is 1150. The third kappa shape index (κ3) is 3.00. The summed E-state index contributed by atoms with van der Waals surface area (Å²) in [5.41, 5.74) is 4.52. The smallest absolute Gasteiger partial charge is 0.209 e. The summed E-state index contributed by atoms with van der Waals surface area (Å²) in [6, 6.07) is 17.8. The maximum absolute atomic E-state index is 5.97. The van der Waals surface area contributed by atoms with Crippen LogP contribution in [0.3, 0.4) is 0 Å². The lowest BCUT2D eigenvalue weighted by Gasteiger charge is -2.13. The fourth-order valence-corrected chi connectivity index (χ4v) is 3.31. The van der Waals surface area contributed by atoms with Crippen LogP contribution in [0, 0.1) is 0 Å². The van der Waals surface area contributed by atoms with Gasteiger partial charge in [-0.2, -0.15) is 5.10 Å². The van der Waals surface area contributed by atoms with Gasteiger partial charge in [-0.05, 0) is 31.3 Å². The molecule has 134 valence electrons. The van der Waals surface area contributed by atoms with Gasteiger partial charge in [0, 0.05) is 17.5 Å². The number of nitrogens with zero attached hydrogens (tertiary/aromatic N) is 3. The third-order valence-electron chi connectivity index (χ3n) is 4.57. The minimum Gasteiger partial charge on any atom is -0.454 e. The largest absolute Gasteiger partial charge is 0.454 e. The first-order chi connectivity index (χ1) is 13.3. The summed E-state index contributed by atoms with van der Waals surface area (Å²) in [6.45, 7) is 1.31. The van der Waals surface area contributed by atoms with Crippen molar-refractivity contribution in [1.29, 1.82) is 0 Å². The molecule has 3 aromatic heterocycles. The molecule has 5 aromatic rings. The van der Waals surface area contributed by atoms with E-state index in [9.17, 15) is 0 Å². The van der Waals surface area contributed by atoms with E-state index in [0.717, 1.165) is 39.1 Å². The molecule has 2 aromatic carbocycles. The molecule has 0 aliphatic rings. The Morgan fingerprint density at radius 3 is 2.63 bits per heavy atom. The normalized spacial score (nSPS) is 11.8. The molecule has 3 heterocycles. The highest BCUT2D eigenvalue weighted by molar-refractivity contribution is 5.82. The van der Waals surface area contributed by atoms with Crippen LogP contribution in [-0.2, 0) is 13.1 Å². The third-order valence-corrected chi connectivity index (χ3v) is 4.57. The molecular formula is C21H18N4O2. The van der Waals surface area contributed by atoms with Gasteiger partial charge in [0.15, 0.2) is 11.3 Å². The summed E-state index contributed by atoms with van der Waals surface area (Å²) in [4.78, 5) is 6.68. The molecule has 0 atom stereocenters. The average Bonchev–Trinajstić information content (AvgIpc) is 3.38. The topological polar surface area (TPSA) is 71.1 Å². The van der Waals surface area contributed by atoms with Crippen LogP contribution in [0.25, 0.3) is 33.5 Å². The van der Waals surface area contributed by atoms with Crippen molar-refractivity contribution in [3.05, 3.63) is 72.2 Å². The second-order valence-electron chi connectivity index (χ2n) is 6.67. The van der Waals surface area contributed by atoms with Gasteiger partial charge < -0.3 is 8.83 Å². The quantitative estimate of drug-likeness (QED) is 0.497. The average molecular weight is 358 g/mol. The number of rotatable bonds is 5. The summed E-state index contributed by atoms with van der Waals surface area (Å²) in [5.74, 6) is 1.49. The van der Waals surface area contributed by atoms with Crippen LogP contribution in [0.2, 0.25) is 0 Å². The zero-order valence-corrected chi connectivity index (χ0v) is 14.8. The van der Waals surface area contributed by atoms with E-state index >= 15 is 0 Å². The van der Waals surface area contributed by atoms with Crippen LogP contribution in [0.5, 0.6) is 0 Å². The molecule has 1 N–H and O–H groups in total. The minimum atomic E-state index is 0.611. The minimum absolute atomic E-state index is 0.611. The Hall–Kier alpha value is -3.38. The van der Waals surface area contributed by atoms with E-state index in [1.165, 1.54) is 0 Å². The van der Waals surface area contributed by atoms with Crippen LogP contribution in [0.4, 0.5) is 0 Å². The first-order valence-electron chi connectivity index (χ1n) is 8.80. The van der Waals surface area contributed by atoms with E-state index in [0.29, 0.717) is 19.0 Å². The van der Waals surface area contributed by atoms with E-state index in [-0.39, 0.29) is 0 Å². The van der Waals surface area contributed by atoms with Crippen molar-refractivity contribution in [3.63, 3.8) is 0 Å². The van der Waals surface area contributed by atoms with E-state index in [1.54, 1.807) is 0 Å². The maximum atomic E-state index is 5.97. The standard InChI is InChI=1S/C21H18N4O2/c1-25(13-20-23-16-7-3-5-9-18(16)27-20)12-15-11-22-24-21(15)19-10-14-6-2-4-8-17(14)26-19/h2-11H,12-13H2,1H3,(H,22,24). The molecule has 0 saturated heterocycles. The molecule has 0 aliphatic heterocycles. The molecule has 0 unspecified atom stereocenters. The Morgan fingerprint density at radius 1 is 0.963 bits per heavy atom. The van der Waals surface area contributed by atoms with Crippen molar-refractivity contribution in [2.24, 2.45) is 0 Å². The van der Waals surface area contributed by atoms with Crippen molar-refractivity contribution >= 4 is 22.1 Å². The van der Waals surface area contributed by atoms with Crippen LogP contribution in [-0.4, -0.2) is 27.1 Å². The van der Waals surface area contributed by atoms with E-state index in [2.05, 4.69) is 20.1 Å². The lowest BCUT2D eigenvalue weighted by Crippen LogP contribution is -2.17. The Kier molecular flexibility index (Phi) is 3.76. The fourth-order valence-electron chi connectivity index (χ4n) is 3.31. The van der Waals surface area contributed by atoms with Gasteiger partial charge in [0.05, 0.1) is 12.7 Å². The lowest BCUT2D eigenvalue weighted by atomic mass is 10.2. The maximum Gasteiger partial charge on any atom is 0.209 e. The summed E-state index contributed by atoms with van der Waals surface area (Å²) >= 11 is 0. The summed E-state index contributed by atoms with van der Waals surface area (Å²) in [6.07, 6.45) is 1.84. The van der Waals surface area contributed by atoms with Gasteiger partial charge in [0.25, 0.3) is 0 Å². The van der Waals surface area contributed by atoms with Gasteiger partial charge >= 0.3 is 0 Å². The van der Waals surface area contributed by atoms with E-state index < -0.39 is 0 Å². The summed E-state index contributed by atoms with van der Waals surface area (Å²) in [7, 11) is 2.03. The number of aromatic amines is 1. The number of nitrogens with one attached hydrogen (secondary N) is 1. The highest BCUT2D eigenvalue weighted by Gasteiger charge is 2.15. The fraction of sp³-hybridized carbons (Fsp3) is 0.143. The molecule has 0 bridgehead atoms. The predicted octanol–water partition coefficient (Wildman–Crippen LogP) is 4.60. The van der Waals surface area contributed by atoms with E-state index in [4.69, 9.17) is 8.83 Å². The van der Waals surface area contributed by atoms with Gasteiger partial charge in [-0.15, -0.1) is 0 Å². The Labute approximate surface area is 155 Å². The molecule has 5 rings (SSSR count). The molecule has 6 nitrogen and oxygen atoms in total. The van der Waals surface area contributed by atoms with Crippen molar-refractivity contribution in [3.8, 4) is 11.5 Å². The van der Waals surface area contributed by atoms with Crippen LogP contribution in [0.1, 0.15) is 11.5 Å². The van der Waals surface area contributed by atoms with Crippen molar-refractivity contribution in [1.82, 2.24) is 20.1 Å². The second kappa shape index (κ2) is 6.41.